The summed E-state index contributed by atoms with van der Waals surface area (Å²) in [6.07, 6.45) is 4.54. The van der Waals surface area contributed by atoms with Crippen LogP contribution in [0.15, 0.2) is 48.1 Å². The van der Waals surface area contributed by atoms with E-state index in [2.05, 4.69) is 35.7 Å². The van der Waals surface area contributed by atoms with Gasteiger partial charge < -0.3 is 25.8 Å². The zero-order valence-electron chi connectivity index (χ0n) is 23.3. The lowest BCUT2D eigenvalue weighted by molar-refractivity contribution is 0.102. The molecule has 2 fully saturated rings. The number of carbonyl (C=O) groups is 2. The molecule has 1 aliphatic heterocycles. The highest BCUT2D eigenvalue weighted by molar-refractivity contribution is 7.18. The van der Waals surface area contributed by atoms with Crippen LogP contribution in [0.3, 0.4) is 0 Å². The van der Waals surface area contributed by atoms with Gasteiger partial charge in [-0.25, -0.2) is 18.7 Å². The molecule has 9 nitrogen and oxygen atoms in total. The average Bonchev–Trinajstić information content (AvgIpc) is 3.47. The number of aromatic nitrogens is 2. The summed E-state index contributed by atoms with van der Waals surface area (Å²) < 4.78 is 29.5. The third-order valence-electron chi connectivity index (χ3n) is 7.71. The lowest BCUT2D eigenvalue weighted by Gasteiger charge is -2.24. The standard InChI is InChI=1S/C30H31F2N7O2S/c1-38(2)21-9-10-39(14-21)25-8-3-17(11-18(25)13-31)29(40)36-20-6-7-23(32)24(12-20)37-30(41)22-15-42-27-26(22)33-16-34-28(27)35-19-4-5-19/h3,6-8,11-12,15-16,19,21H,4-5,9-10,13-14H2,1-2H3,(H,36,40)(H,37,41)(H,33,34,35)/t21-/m1/s1. The maximum Gasteiger partial charge on any atom is 0.258 e. The molecule has 2 aromatic carbocycles. The number of carbonyl (C=O) groups excluding carboxylic acids is 2. The van der Waals surface area contributed by atoms with Gasteiger partial charge >= 0.3 is 0 Å². The average molecular weight is 592 g/mol. The van der Waals surface area contributed by atoms with Gasteiger partial charge in [-0.2, -0.15) is 0 Å². The Morgan fingerprint density at radius 2 is 1.90 bits per heavy atom. The number of anilines is 4. The van der Waals surface area contributed by atoms with E-state index in [1.54, 1.807) is 23.6 Å². The molecule has 1 saturated heterocycles. The SMILES string of the molecule is CN(C)[C@@H]1CCN(c2ccc(C(=O)Nc3ccc(F)c(NC(=O)c4csc5c(NC6CC6)ncnc45)c3)cc2CF)C1. The maximum atomic E-state index is 14.7. The van der Waals surface area contributed by atoms with Gasteiger partial charge in [-0.3, -0.25) is 9.59 Å². The smallest absolute Gasteiger partial charge is 0.258 e. The number of halogens is 2. The molecule has 2 aliphatic rings. The van der Waals surface area contributed by atoms with Crippen LogP contribution in [0.4, 0.5) is 31.7 Å². The van der Waals surface area contributed by atoms with E-state index in [9.17, 15) is 18.4 Å². The summed E-state index contributed by atoms with van der Waals surface area (Å²) in [4.78, 5) is 39.1. The second-order valence-corrected chi connectivity index (χ2v) is 11.8. The zero-order chi connectivity index (χ0) is 29.4. The summed E-state index contributed by atoms with van der Waals surface area (Å²) in [5.41, 5.74) is 2.49. The topological polar surface area (TPSA) is 102 Å². The van der Waals surface area contributed by atoms with Crippen molar-refractivity contribution in [2.24, 2.45) is 0 Å². The number of hydrogen-bond acceptors (Lipinski definition) is 8. The Morgan fingerprint density at radius 1 is 1.07 bits per heavy atom. The molecule has 4 aromatic rings. The van der Waals surface area contributed by atoms with Crippen LogP contribution >= 0.6 is 11.3 Å². The van der Waals surface area contributed by atoms with Crippen molar-refractivity contribution in [2.75, 3.05) is 48.0 Å². The van der Waals surface area contributed by atoms with E-state index in [1.807, 2.05) is 14.1 Å². The number of likely N-dealkylation sites (N-methyl/N-ethyl adjacent to an activating group) is 1. The van der Waals surface area contributed by atoms with E-state index in [4.69, 9.17) is 0 Å². The van der Waals surface area contributed by atoms with E-state index in [-0.39, 0.29) is 16.9 Å². The molecule has 12 heteroatoms. The number of rotatable bonds is 9. The van der Waals surface area contributed by atoms with E-state index in [0.29, 0.717) is 34.5 Å². The molecule has 2 amide bonds. The lowest BCUT2D eigenvalue weighted by atomic mass is 10.1. The van der Waals surface area contributed by atoms with E-state index in [0.717, 1.165) is 42.7 Å². The molecule has 1 atom stereocenters. The molecule has 0 unspecified atom stereocenters. The summed E-state index contributed by atoms with van der Waals surface area (Å²) in [6.45, 7) is 0.910. The predicted molar refractivity (Wildman–Crippen MR) is 162 cm³/mol. The van der Waals surface area contributed by atoms with Gasteiger partial charge in [0.25, 0.3) is 11.8 Å². The fraction of sp³-hybridized carbons (Fsp3) is 0.333. The number of nitrogens with one attached hydrogen (secondary N) is 3. The van der Waals surface area contributed by atoms with Crippen LogP contribution in [-0.2, 0) is 6.67 Å². The van der Waals surface area contributed by atoms with Crippen molar-refractivity contribution in [1.82, 2.24) is 14.9 Å². The number of benzene rings is 2. The third-order valence-corrected chi connectivity index (χ3v) is 8.68. The third kappa shape index (κ3) is 5.77. The Balaban J connectivity index is 1.16. The molecular formula is C30H31F2N7O2S. The van der Waals surface area contributed by atoms with Crippen LogP contribution in [0.5, 0.6) is 0 Å². The first-order valence-corrected chi connectivity index (χ1v) is 14.7. The van der Waals surface area contributed by atoms with Gasteiger partial charge in [0.15, 0.2) is 0 Å². The van der Waals surface area contributed by atoms with Crippen LogP contribution in [0.25, 0.3) is 10.2 Å². The molecule has 2 aromatic heterocycles. The molecule has 1 aliphatic carbocycles. The largest absolute Gasteiger partial charge is 0.370 e. The molecule has 1 saturated carbocycles. The highest BCUT2D eigenvalue weighted by Crippen LogP contribution is 2.33. The zero-order valence-corrected chi connectivity index (χ0v) is 24.1. The minimum atomic E-state index is -0.702. The second-order valence-electron chi connectivity index (χ2n) is 10.9. The minimum Gasteiger partial charge on any atom is -0.370 e. The molecular weight excluding hydrogens is 560 g/mol. The van der Waals surface area contributed by atoms with Crippen molar-refractivity contribution in [3.05, 3.63) is 70.6 Å². The first-order chi connectivity index (χ1) is 20.3. The molecule has 6 rings (SSSR count). The van der Waals surface area contributed by atoms with E-state index < -0.39 is 24.3 Å². The van der Waals surface area contributed by atoms with Crippen molar-refractivity contribution in [3.8, 4) is 0 Å². The Morgan fingerprint density at radius 3 is 2.64 bits per heavy atom. The number of amides is 2. The Labute approximate surface area is 245 Å². The molecule has 0 bridgehead atoms. The second kappa shape index (κ2) is 11.6. The summed E-state index contributed by atoms with van der Waals surface area (Å²) in [5.74, 6) is -0.966. The maximum absolute atomic E-state index is 14.7. The van der Waals surface area contributed by atoms with Crippen molar-refractivity contribution >= 4 is 56.2 Å². The van der Waals surface area contributed by atoms with Crippen LogP contribution in [-0.4, -0.2) is 66.0 Å². The number of fused-ring (bicyclic) bond motifs is 1. The molecule has 218 valence electrons. The monoisotopic (exact) mass is 591 g/mol. The van der Waals surface area contributed by atoms with Gasteiger partial charge in [0, 0.05) is 53.1 Å². The van der Waals surface area contributed by atoms with Gasteiger partial charge in [0.05, 0.1) is 21.5 Å². The molecule has 0 spiro atoms. The minimum absolute atomic E-state index is 0.0909. The number of hydrogen-bond donors (Lipinski definition) is 3. The van der Waals surface area contributed by atoms with Crippen molar-refractivity contribution in [2.45, 2.75) is 38.0 Å². The first kappa shape index (κ1) is 28.0. The lowest BCUT2D eigenvalue weighted by Crippen LogP contribution is -2.31. The Hall–Kier alpha value is -4.16. The highest BCUT2D eigenvalue weighted by Gasteiger charge is 2.27. The summed E-state index contributed by atoms with van der Waals surface area (Å²) in [5, 5.41) is 10.3. The number of alkyl halides is 1. The van der Waals surface area contributed by atoms with Crippen LogP contribution < -0.4 is 20.9 Å². The summed E-state index contributed by atoms with van der Waals surface area (Å²) in [7, 11) is 4.07. The van der Waals surface area contributed by atoms with Crippen molar-refractivity contribution < 1.29 is 18.4 Å². The quantitative estimate of drug-likeness (QED) is 0.236. The van der Waals surface area contributed by atoms with Gasteiger partial charge in [-0.15, -0.1) is 11.3 Å². The van der Waals surface area contributed by atoms with Crippen LogP contribution in [0.1, 0.15) is 45.5 Å². The summed E-state index contributed by atoms with van der Waals surface area (Å²) in [6, 6.07) is 9.69. The van der Waals surface area contributed by atoms with Gasteiger partial charge in [-0.05, 0) is 69.8 Å². The molecule has 42 heavy (non-hydrogen) atoms. The molecule has 3 N–H and O–H groups in total. The number of nitrogens with zero attached hydrogens (tertiary/aromatic N) is 4. The van der Waals surface area contributed by atoms with Gasteiger partial charge in [-0.1, -0.05) is 0 Å². The van der Waals surface area contributed by atoms with E-state index >= 15 is 0 Å². The number of thiophene rings is 1. The first-order valence-electron chi connectivity index (χ1n) is 13.8. The van der Waals surface area contributed by atoms with Crippen LogP contribution in [0.2, 0.25) is 0 Å². The Bertz CT molecular complexity index is 1660. The molecule has 3 heterocycles. The fourth-order valence-electron chi connectivity index (χ4n) is 5.15. The van der Waals surface area contributed by atoms with Crippen LogP contribution in [0, 0.1) is 5.82 Å². The normalized spacial score (nSPS) is 16.7. The fourth-order valence-corrected chi connectivity index (χ4v) is 6.10. The van der Waals surface area contributed by atoms with Crippen molar-refractivity contribution in [1.29, 1.82) is 0 Å². The summed E-state index contributed by atoms with van der Waals surface area (Å²) >= 11 is 1.34. The van der Waals surface area contributed by atoms with Gasteiger partial charge in [0.1, 0.15) is 24.6 Å². The van der Waals surface area contributed by atoms with Gasteiger partial charge in [0.2, 0.25) is 0 Å². The van der Waals surface area contributed by atoms with Crippen molar-refractivity contribution in [3.63, 3.8) is 0 Å². The van der Waals surface area contributed by atoms with E-state index in [1.165, 1.54) is 35.9 Å². The Kier molecular flexibility index (Phi) is 7.74. The predicted octanol–water partition coefficient (Wildman–Crippen LogP) is 5.52. The molecule has 0 radical (unpaired) electrons. The highest BCUT2D eigenvalue weighted by atomic mass is 32.1.